The Morgan fingerprint density at radius 2 is 2.00 bits per heavy atom. The molecule has 18 heavy (non-hydrogen) atoms. The number of nitrogens with zero attached hydrogens (tertiary/aromatic N) is 1. The van der Waals surface area contributed by atoms with E-state index in [4.69, 9.17) is 0 Å². The van der Waals surface area contributed by atoms with E-state index < -0.39 is 17.7 Å². The van der Waals surface area contributed by atoms with E-state index in [-0.39, 0.29) is 16.6 Å². The second kappa shape index (κ2) is 4.44. The minimum Gasteiger partial charge on any atom is -0.384 e. The molecule has 0 aliphatic rings. The van der Waals surface area contributed by atoms with Crippen LogP contribution in [0.5, 0.6) is 0 Å². The number of nitrogens with one attached hydrogen (secondary N) is 1. The van der Waals surface area contributed by atoms with Crippen molar-refractivity contribution in [2.75, 3.05) is 11.9 Å². The summed E-state index contributed by atoms with van der Waals surface area (Å²) in [6.45, 7) is 1.95. The van der Waals surface area contributed by atoms with Gasteiger partial charge in [0.2, 0.25) is 0 Å². The summed E-state index contributed by atoms with van der Waals surface area (Å²) >= 11 is 0. The van der Waals surface area contributed by atoms with Gasteiger partial charge < -0.3 is 5.32 Å². The molecule has 1 N–H and O–H groups in total. The van der Waals surface area contributed by atoms with Crippen LogP contribution in [-0.4, -0.2) is 11.5 Å². The quantitative estimate of drug-likeness (QED) is 0.828. The van der Waals surface area contributed by atoms with Crippen LogP contribution < -0.4 is 5.32 Å². The van der Waals surface area contributed by atoms with Crippen molar-refractivity contribution in [1.29, 1.82) is 0 Å². The van der Waals surface area contributed by atoms with Gasteiger partial charge in [0.1, 0.15) is 5.82 Å². The van der Waals surface area contributed by atoms with Crippen molar-refractivity contribution in [3.8, 4) is 0 Å². The molecule has 0 aliphatic carbocycles. The van der Waals surface area contributed by atoms with Gasteiger partial charge in [-0.1, -0.05) is 6.07 Å². The van der Waals surface area contributed by atoms with Gasteiger partial charge in [0.05, 0.1) is 11.2 Å². The van der Waals surface area contributed by atoms with Crippen LogP contribution in [0.4, 0.5) is 23.2 Å². The molecule has 0 radical (unpaired) electrons. The molecule has 1 aromatic heterocycles. The Morgan fingerprint density at radius 1 is 1.28 bits per heavy atom. The SMILES string of the molecule is CCNc1cc2c(F)cccc2nc1C(F)(F)F. The van der Waals surface area contributed by atoms with Crippen molar-refractivity contribution in [1.82, 2.24) is 4.98 Å². The van der Waals surface area contributed by atoms with Crippen molar-refractivity contribution in [3.63, 3.8) is 0 Å². The fraction of sp³-hybridized carbons (Fsp3) is 0.250. The van der Waals surface area contributed by atoms with Crippen LogP contribution in [0.3, 0.4) is 0 Å². The summed E-state index contributed by atoms with van der Waals surface area (Å²) in [6.07, 6.45) is -4.57. The van der Waals surface area contributed by atoms with E-state index in [1.54, 1.807) is 6.92 Å². The van der Waals surface area contributed by atoms with Gasteiger partial charge in [-0.15, -0.1) is 0 Å². The molecule has 1 aromatic carbocycles. The highest BCUT2D eigenvalue weighted by molar-refractivity contribution is 5.83. The van der Waals surface area contributed by atoms with Gasteiger partial charge in [-0.3, -0.25) is 0 Å². The molecular formula is C12H10F4N2. The van der Waals surface area contributed by atoms with Crippen LogP contribution in [0, 0.1) is 5.82 Å². The zero-order valence-corrected chi connectivity index (χ0v) is 9.48. The Bertz CT molecular complexity index is 578. The summed E-state index contributed by atoms with van der Waals surface area (Å²) in [6, 6.07) is 5.01. The van der Waals surface area contributed by atoms with Gasteiger partial charge >= 0.3 is 6.18 Å². The highest BCUT2D eigenvalue weighted by atomic mass is 19.4. The van der Waals surface area contributed by atoms with Crippen LogP contribution in [0.15, 0.2) is 24.3 Å². The minimum atomic E-state index is -4.57. The first-order valence-electron chi connectivity index (χ1n) is 5.34. The topological polar surface area (TPSA) is 24.9 Å². The standard InChI is InChI=1S/C12H10F4N2/c1-2-17-10-6-7-8(13)4-3-5-9(7)18-11(10)12(14,15)16/h3-6,17H,2H2,1H3. The number of benzene rings is 1. The lowest BCUT2D eigenvalue weighted by Crippen LogP contribution is -2.13. The predicted molar refractivity (Wildman–Crippen MR) is 60.9 cm³/mol. The number of anilines is 1. The average molecular weight is 258 g/mol. The van der Waals surface area contributed by atoms with E-state index in [0.717, 1.165) is 6.07 Å². The third-order valence-corrected chi connectivity index (χ3v) is 2.44. The maximum Gasteiger partial charge on any atom is 0.435 e. The first-order chi connectivity index (χ1) is 8.43. The van der Waals surface area contributed by atoms with Crippen molar-refractivity contribution in [2.45, 2.75) is 13.1 Å². The fourth-order valence-electron chi connectivity index (χ4n) is 1.70. The fourth-order valence-corrected chi connectivity index (χ4v) is 1.70. The molecule has 0 saturated carbocycles. The van der Waals surface area contributed by atoms with Gasteiger partial charge in [0.15, 0.2) is 5.69 Å². The molecule has 0 saturated heterocycles. The Morgan fingerprint density at radius 3 is 2.61 bits per heavy atom. The second-order valence-corrected chi connectivity index (χ2v) is 3.72. The maximum atomic E-state index is 13.5. The van der Waals surface area contributed by atoms with Crippen LogP contribution in [0.2, 0.25) is 0 Å². The highest BCUT2D eigenvalue weighted by Gasteiger charge is 2.36. The van der Waals surface area contributed by atoms with Gasteiger partial charge in [-0.25, -0.2) is 9.37 Å². The molecule has 0 bridgehead atoms. The Labute approximate surface area is 101 Å². The van der Waals surface area contributed by atoms with E-state index in [2.05, 4.69) is 10.3 Å². The van der Waals surface area contributed by atoms with Gasteiger partial charge in [-0.05, 0) is 25.1 Å². The first kappa shape index (κ1) is 12.6. The third kappa shape index (κ3) is 2.23. The number of hydrogen-bond acceptors (Lipinski definition) is 2. The summed E-state index contributed by atoms with van der Waals surface area (Å²) in [7, 11) is 0. The molecule has 2 rings (SSSR count). The highest BCUT2D eigenvalue weighted by Crippen LogP contribution is 2.35. The predicted octanol–water partition coefficient (Wildman–Crippen LogP) is 3.82. The molecule has 2 nitrogen and oxygen atoms in total. The summed E-state index contributed by atoms with van der Waals surface area (Å²) < 4.78 is 51.9. The van der Waals surface area contributed by atoms with Gasteiger partial charge in [0.25, 0.3) is 0 Å². The molecule has 2 aromatic rings. The van der Waals surface area contributed by atoms with Crippen LogP contribution >= 0.6 is 0 Å². The van der Waals surface area contributed by atoms with Crippen molar-refractivity contribution in [2.24, 2.45) is 0 Å². The smallest absolute Gasteiger partial charge is 0.384 e. The number of pyridine rings is 1. The van der Waals surface area contributed by atoms with E-state index in [1.807, 2.05) is 0 Å². The molecule has 6 heteroatoms. The molecule has 0 unspecified atom stereocenters. The van der Waals surface area contributed by atoms with Crippen LogP contribution in [-0.2, 0) is 6.18 Å². The maximum absolute atomic E-state index is 13.5. The van der Waals surface area contributed by atoms with E-state index >= 15 is 0 Å². The summed E-state index contributed by atoms with van der Waals surface area (Å²) in [5.74, 6) is -0.590. The summed E-state index contributed by atoms with van der Waals surface area (Å²) in [5, 5.41) is 2.62. The summed E-state index contributed by atoms with van der Waals surface area (Å²) in [4.78, 5) is 3.50. The molecule has 0 fully saturated rings. The number of rotatable bonds is 2. The van der Waals surface area contributed by atoms with E-state index in [1.165, 1.54) is 18.2 Å². The van der Waals surface area contributed by atoms with Gasteiger partial charge in [-0.2, -0.15) is 13.2 Å². The monoisotopic (exact) mass is 258 g/mol. The molecule has 0 spiro atoms. The van der Waals surface area contributed by atoms with Crippen molar-refractivity contribution in [3.05, 3.63) is 35.8 Å². The molecule has 0 aliphatic heterocycles. The molecule has 96 valence electrons. The molecular weight excluding hydrogens is 248 g/mol. The summed E-state index contributed by atoms with van der Waals surface area (Å²) in [5.41, 5.74) is -1.24. The lowest BCUT2D eigenvalue weighted by atomic mass is 10.1. The number of hydrogen-bond donors (Lipinski definition) is 1. The lowest BCUT2D eigenvalue weighted by molar-refractivity contribution is -0.140. The molecule has 1 heterocycles. The van der Waals surface area contributed by atoms with Crippen LogP contribution in [0.25, 0.3) is 10.9 Å². The van der Waals surface area contributed by atoms with Crippen molar-refractivity contribution >= 4 is 16.6 Å². The number of fused-ring (bicyclic) bond motifs is 1. The minimum absolute atomic E-state index is 0.0102. The van der Waals surface area contributed by atoms with Gasteiger partial charge in [0, 0.05) is 11.9 Å². The number of halogens is 4. The Hall–Kier alpha value is -1.85. The Balaban J connectivity index is 2.73. The second-order valence-electron chi connectivity index (χ2n) is 3.72. The normalized spacial score (nSPS) is 11.8. The Kier molecular flexibility index (Phi) is 3.11. The third-order valence-electron chi connectivity index (χ3n) is 2.44. The largest absolute Gasteiger partial charge is 0.435 e. The van der Waals surface area contributed by atoms with E-state index in [9.17, 15) is 17.6 Å². The molecule has 0 amide bonds. The van der Waals surface area contributed by atoms with Crippen molar-refractivity contribution < 1.29 is 17.6 Å². The van der Waals surface area contributed by atoms with E-state index in [0.29, 0.717) is 6.54 Å². The molecule has 0 atom stereocenters. The number of aromatic nitrogens is 1. The number of alkyl halides is 3. The average Bonchev–Trinajstić information content (AvgIpc) is 2.28. The zero-order chi connectivity index (χ0) is 13.3. The first-order valence-corrected chi connectivity index (χ1v) is 5.34. The van der Waals surface area contributed by atoms with Crippen LogP contribution in [0.1, 0.15) is 12.6 Å². The zero-order valence-electron chi connectivity index (χ0n) is 9.48. The lowest BCUT2D eigenvalue weighted by Gasteiger charge is -2.14.